The van der Waals surface area contributed by atoms with E-state index in [4.69, 9.17) is 9.47 Å². The van der Waals surface area contributed by atoms with Crippen LogP contribution in [0.5, 0.6) is 11.6 Å². The fraction of sp³-hybridized carbons (Fsp3) is 0.667. The van der Waals surface area contributed by atoms with E-state index in [0.717, 1.165) is 31.7 Å². The largest absolute Gasteiger partial charge is 0.489 e. The molecule has 1 fully saturated rings. The van der Waals surface area contributed by atoms with Crippen LogP contribution in [-0.2, 0) is 0 Å². The third-order valence-corrected chi connectivity index (χ3v) is 2.95. The van der Waals surface area contributed by atoms with Gasteiger partial charge in [-0.25, -0.2) is 4.98 Å². The van der Waals surface area contributed by atoms with Crippen LogP contribution in [0.3, 0.4) is 0 Å². The maximum atomic E-state index is 5.90. The van der Waals surface area contributed by atoms with E-state index in [2.05, 4.69) is 31.1 Å². The third-order valence-electron chi connectivity index (χ3n) is 2.95. The van der Waals surface area contributed by atoms with Crippen LogP contribution in [0.2, 0.25) is 0 Å². The van der Waals surface area contributed by atoms with Gasteiger partial charge in [0.25, 0.3) is 0 Å². The average molecular weight is 264 g/mol. The van der Waals surface area contributed by atoms with Gasteiger partial charge in [-0.2, -0.15) is 0 Å². The zero-order valence-electron chi connectivity index (χ0n) is 12.1. The van der Waals surface area contributed by atoms with Crippen molar-refractivity contribution in [2.24, 2.45) is 5.41 Å². The summed E-state index contributed by atoms with van der Waals surface area (Å²) in [6, 6.07) is 3.81. The van der Waals surface area contributed by atoms with Crippen LogP contribution in [0.25, 0.3) is 0 Å². The molecular formula is C15H24N2O2. The molecule has 106 valence electrons. The van der Waals surface area contributed by atoms with Crippen LogP contribution in [-0.4, -0.2) is 30.8 Å². The predicted molar refractivity (Wildman–Crippen MR) is 75.7 cm³/mol. The first kappa shape index (κ1) is 14.1. The van der Waals surface area contributed by atoms with Gasteiger partial charge in [0.1, 0.15) is 11.9 Å². The van der Waals surface area contributed by atoms with E-state index in [1.165, 1.54) is 0 Å². The molecule has 1 saturated heterocycles. The lowest BCUT2D eigenvalue weighted by Gasteiger charge is -2.23. The van der Waals surface area contributed by atoms with Gasteiger partial charge in [0.05, 0.1) is 12.8 Å². The lowest BCUT2D eigenvalue weighted by atomic mass is 9.99. The Morgan fingerprint density at radius 2 is 2.00 bits per heavy atom. The van der Waals surface area contributed by atoms with Gasteiger partial charge in [-0.3, -0.25) is 0 Å². The number of pyridine rings is 1. The summed E-state index contributed by atoms with van der Waals surface area (Å²) in [4.78, 5) is 4.28. The molecule has 2 rings (SSSR count). The van der Waals surface area contributed by atoms with Crippen molar-refractivity contribution < 1.29 is 9.47 Å². The van der Waals surface area contributed by atoms with Crippen molar-refractivity contribution in [3.05, 3.63) is 18.3 Å². The first-order chi connectivity index (χ1) is 9.03. The fourth-order valence-corrected chi connectivity index (χ4v) is 1.92. The van der Waals surface area contributed by atoms with E-state index in [-0.39, 0.29) is 5.41 Å². The molecule has 19 heavy (non-hydrogen) atoms. The highest BCUT2D eigenvalue weighted by Crippen LogP contribution is 2.20. The second-order valence-corrected chi connectivity index (χ2v) is 6.25. The van der Waals surface area contributed by atoms with Gasteiger partial charge in [0.2, 0.25) is 5.88 Å². The lowest BCUT2D eigenvalue weighted by Crippen LogP contribution is -2.34. The van der Waals surface area contributed by atoms with Gasteiger partial charge in [-0.1, -0.05) is 20.8 Å². The Morgan fingerprint density at radius 1 is 1.26 bits per heavy atom. The van der Waals surface area contributed by atoms with Crippen molar-refractivity contribution in [2.75, 3.05) is 19.7 Å². The number of ether oxygens (including phenoxy) is 2. The molecule has 0 spiro atoms. The maximum Gasteiger partial charge on any atom is 0.213 e. The van der Waals surface area contributed by atoms with Gasteiger partial charge in [0, 0.05) is 6.07 Å². The number of hydrogen-bond donors (Lipinski definition) is 1. The van der Waals surface area contributed by atoms with Gasteiger partial charge < -0.3 is 14.8 Å². The Labute approximate surface area is 115 Å². The molecule has 0 amide bonds. The quantitative estimate of drug-likeness (QED) is 0.908. The topological polar surface area (TPSA) is 43.4 Å². The molecule has 0 aliphatic carbocycles. The van der Waals surface area contributed by atoms with Crippen LogP contribution >= 0.6 is 0 Å². The summed E-state index contributed by atoms with van der Waals surface area (Å²) in [5.41, 5.74) is 0.145. The Balaban J connectivity index is 1.83. The molecule has 0 unspecified atom stereocenters. The maximum absolute atomic E-state index is 5.90. The lowest BCUT2D eigenvalue weighted by molar-refractivity contribution is 0.160. The van der Waals surface area contributed by atoms with Gasteiger partial charge >= 0.3 is 0 Å². The number of aromatic nitrogens is 1. The smallest absolute Gasteiger partial charge is 0.213 e. The molecule has 0 radical (unpaired) electrons. The van der Waals surface area contributed by atoms with Crippen LogP contribution in [0, 0.1) is 5.41 Å². The van der Waals surface area contributed by atoms with Crippen molar-refractivity contribution in [3.63, 3.8) is 0 Å². The summed E-state index contributed by atoms with van der Waals surface area (Å²) >= 11 is 0. The second-order valence-electron chi connectivity index (χ2n) is 6.25. The van der Waals surface area contributed by atoms with Gasteiger partial charge in [0.15, 0.2) is 0 Å². The molecule has 1 aromatic heterocycles. The molecule has 0 atom stereocenters. The number of nitrogens with zero attached hydrogens (tertiary/aromatic N) is 1. The zero-order chi connectivity index (χ0) is 13.7. The number of hydrogen-bond acceptors (Lipinski definition) is 4. The summed E-state index contributed by atoms with van der Waals surface area (Å²) in [6.07, 6.45) is 4.18. The highest BCUT2D eigenvalue weighted by molar-refractivity contribution is 5.23. The van der Waals surface area contributed by atoms with Crippen molar-refractivity contribution in [2.45, 2.75) is 39.7 Å². The van der Waals surface area contributed by atoms with Crippen molar-refractivity contribution >= 4 is 0 Å². The molecule has 0 saturated carbocycles. The number of nitrogens with one attached hydrogen (secondary N) is 1. The molecular weight excluding hydrogens is 240 g/mol. The number of rotatable bonds is 4. The van der Waals surface area contributed by atoms with E-state index in [0.29, 0.717) is 18.6 Å². The minimum absolute atomic E-state index is 0.145. The summed E-state index contributed by atoms with van der Waals surface area (Å²) in [6.45, 7) is 9.15. The van der Waals surface area contributed by atoms with E-state index in [1.807, 2.05) is 12.1 Å². The second kappa shape index (κ2) is 6.24. The van der Waals surface area contributed by atoms with Crippen LogP contribution in [0.15, 0.2) is 18.3 Å². The molecule has 4 heteroatoms. The summed E-state index contributed by atoms with van der Waals surface area (Å²) in [5.74, 6) is 1.49. The Morgan fingerprint density at radius 3 is 2.58 bits per heavy atom. The minimum atomic E-state index is 0.145. The highest BCUT2D eigenvalue weighted by atomic mass is 16.5. The highest BCUT2D eigenvalue weighted by Gasteiger charge is 2.15. The first-order valence-corrected chi connectivity index (χ1v) is 6.99. The monoisotopic (exact) mass is 264 g/mol. The van der Waals surface area contributed by atoms with E-state index in [9.17, 15) is 0 Å². The van der Waals surface area contributed by atoms with Crippen molar-refractivity contribution in [1.82, 2.24) is 10.3 Å². The molecule has 4 nitrogen and oxygen atoms in total. The molecule has 2 heterocycles. The first-order valence-electron chi connectivity index (χ1n) is 6.99. The van der Waals surface area contributed by atoms with E-state index in [1.54, 1.807) is 6.20 Å². The SMILES string of the molecule is CC(C)(C)COc1ccc(OC2CCNCC2)cn1. The predicted octanol–water partition coefficient (Wildman–Crippen LogP) is 2.64. The normalized spacial score (nSPS) is 17.2. The van der Waals surface area contributed by atoms with Crippen LogP contribution in [0.4, 0.5) is 0 Å². The van der Waals surface area contributed by atoms with Crippen LogP contribution in [0.1, 0.15) is 33.6 Å². The number of piperidine rings is 1. The van der Waals surface area contributed by atoms with E-state index >= 15 is 0 Å². The molecule has 0 aromatic carbocycles. The Bertz CT molecular complexity index is 378. The standard InChI is InChI=1S/C15H24N2O2/c1-15(2,3)11-18-14-5-4-13(10-17-14)19-12-6-8-16-9-7-12/h4-5,10,12,16H,6-9,11H2,1-3H3. The Kier molecular flexibility index (Phi) is 4.64. The molecule has 1 aliphatic rings. The molecule has 1 aromatic rings. The van der Waals surface area contributed by atoms with Crippen molar-refractivity contribution in [3.8, 4) is 11.6 Å². The Hall–Kier alpha value is -1.29. The van der Waals surface area contributed by atoms with E-state index < -0.39 is 0 Å². The van der Waals surface area contributed by atoms with Gasteiger partial charge in [-0.15, -0.1) is 0 Å². The fourth-order valence-electron chi connectivity index (χ4n) is 1.92. The van der Waals surface area contributed by atoms with Crippen LogP contribution < -0.4 is 14.8 Å². The minimum Gasteiger partial charge on any atom is -0.489 e. The van der Waals surface area contributed by atoms with Gasteiger partial charge in [-0.05, 0) is 37.4 Å². The molecule has 1 N–H and O–H groups in total. The van der Waals surface area contributed by atoms with Crippen molar-refractivity contribution in [1.29, 1.82) is 0 Å². The molecule has 1 aliphatic heterocycles. The average Bonchev–Trinajstić information content (AvgIpc) is 2.38. The summed E-state index contributed by atoms with van der Waals surface area (Å²) in [7, 11) is 0. The zero-order valence-corrected chi connectivity index (χ0v) is 12.1. The third kappa shape index (κ3) is 5.07. The molecule has 0 bridgehead atoms. The summed E-state index contributed by atoms with van der Waals surface area (Å²) in [5, 5.41) is 3.32. The summed E-state index contributed by atoms with van der Waals surface area (Å²) < 4.78 is 11.5.